The lowest BCUT2D eigenvalue weighted by Crippen LogP contribution is -2.53. The van der Waals surface area contributed by atoms with E-state index < -0.39 is 37.8 Å². The lowest BCUT2D eigenvalue weighted by Gasteiger charge is -2.40. The highest BCUT2D eigenvalue weighted by atomic mass is 32.2. The Balaban J connectivity index is 2.45. The van der Waals surface area contributed by atoms with E-state index in [4.69, 9.17) is 10.5 Å². The summed E-state index contributed by atoms with van der Waals surface area (Å²) >= 11 is 0. The van der Waals surface area contributed by atoms with Crippen LogP contribution in [0.15, 0.2) is 17.0 Å². The first kappa shape index (κ1) is 16.1. The van der Waals surface area contributed by atoms with Crippen LogP contribution >= 0.6 is 0 Å². The van der Waals surface area contributed by atoms with Gasteiger partial charge in [0.25, 0.3) is 0 Å². The molecule has 0 aliphatic carbocycles. The number of ether oxygens (including phenoxy) is 1. The minimum atomic E-state index is -4.10. The van der Waals surface area contributed by atoms with E-state index in [-0.39, 0.29) is 19.2 Å². The lowest BCUT2D eigenvalue weighted by molar-refractivity contribution is -0.109. The molecule has 1 atom stereocenters. The van der Waals surface area contributed by atoms with Crippen molar-refractivity contribution < 1.29 is 21.9 Å². The van der Waals surface area contributed by atoms with Crippen LogP contribution in [0.1, 0.15) is 20.8 Å². The van der Waals surface area contributed by atoms with E-state index in [1.165, 1.54) is 0 Å². The van der Waals surface area contributed by atoms with Gasteiger partial charge in [0.2, 0.25) is 10.0 Å². The molecule has 1 aliphatic rings. The fraction of sp³-hybridized carbons (Fsp3) is 0.538. The molecule has 0 spiro atoms. The fourth-order valence-corrected chi connectivity index (χ4v) is 4.21. The third-order valence-electron chi connectivity index (χ3n) is 3.25. The summed E-state index contributed by atoms with van der Waals surface area (Å²) in [5.41, 5.74) is 3.75. The summed E-state index contributed by atoms with van der Waals surface area (Å²) in [6.07, 6.45) is -0.329. The highest BCUT2D eigenvalue weighted by molar-refractivity contribution is 7.89. The number of nitrogen functional groups attached to an aromatic ring is 1. The van der Waals surface area contributed by atoms with Crippen LogP contribution in [0.2, 0.25) is 0 Å². The van der Waals surface area contributed by atoms with E-state index in [1.807, 2.05) is 0 Å². The number of rotatable bonds is 2. The van der Waals surface area contributed by atoms with Crippen LogP contribution in [-0.2, 0) is 14.8 Å². The number of halogens is 2. The molecule has 0 amide bonds. The van der Waals surface area contributed by atoms with Gasteiger partial charge in [-0.15, -0.1) is 0 Å². The molecular formula is C13H18F2N2O3S. The summed E-state index contributed by atoms with van der Waals surface area (Å²) in [6, 6.07) is 1.74. The second kappa shape index (κ2) is 5.19. The third kappa shape index (κ3) is 3.02. The molecule has 0 bridgehead atoms. The maximum atomic E-state index is 14.0. The normalized spacial score (nSPS) is 23.2. The summed E-state index contributed by atoms with van der Waals surface area (Å²) < 4.78 is 59.1. The molecule has 1 fully saturated rings. The SMILES string of the molecule is CC1CN(S(=O)(=O)c2ccc(F)c(N)c2F)CC(C)(C)O1. The molecule has 1 aromatic carbocycles. The van der Waals surface area contributed by atoms with Crippen molar-refractivity contribution >= 4 is 15.7 Å². The van der Waals surface area contributed by atoms with Crippen LogP contribution in [0.4, 0.5) is 14.5 Å². The van der Waals surface area contributed by atoms with Gasteiger partial charge in [-0.3, -0.25) is 0 Å². The van der Waals surface area contributed by atoms with Crippen LogP contribution in [0.25, 0.3) is 0 Å². The molecule has 1 unspecified atom stereocenters. The molecule has 0 saturated carbocycles. The van der Waals surface area contributed by atoms with Gasteiger partial charge in [-0.1, -0.05) is 0 Å². The van der Waals surface area contributed by atoms with Crippen molar-refractivity contribution in [2.24, 2.45) is 0 Å². The zero-order valence-corrected chi connectivity index (χ0v) is 12.9. The van der Waals surface area contributed by atoms with Gasteiger partial charge < -0.3 is 10.5 Å². The van der Waals surface area contributed by atoms with Gasteiger partial charge in [0.1, 0.15) is 16.4 Å². The first-order valence-electron chi connectivity index (χ1n) is 6.46. The average molecular weight is 320 g/mol. The Morgan fingerprint density at radius 2 is 2.00 bits per heavy atom. The largest absolute Gasteiger partial charge is 0.394 e. The summed E-state index contributed by atoms with van der Waals surface area (Å²) in [4.78, 5) is -0.619. The second-order valence-corrected chi connectivity index (χ2v) is 7.67. The van der Waals surface area contributed by atoms with Crippen LogP contribution in [-0.4, -0.2) is 37.5 Å². The molecular weight excluding hydrogens is 302 g/mol. The van der Waals surface area contributed by atoms with Crippen molar-refractivity contribution in [2.45, 2.75) is 37.4 Å². The molecule has 2 N–H and O–H groups in total. The number of nitrogens with two attached hydrogens (primary N) is 1. The zero-order valence-electron chi connectivity index (χ0n) is 12.1. The molecule has 118 valence electrons. The van der Waals surface area contributed by atoms with Crippen LogP contribution < -0.4 is 5.73 Å². The molecule has 21 heavy (non-hydrogen) atoms. The van der Waals surface area contributed by atoms with Gasteiger partial charge >= 0.3 is 0 Å². The molecule has 2 rings (SSSR count). The number of benzene rings is 1. The van der Waals surface area contributed by atoms with Crippen molar-refractivity contribution in [1.29, 1.82) is 0 Å². The van der Waals surface area contributed by atoms with E-state index >= 15 is 0 Å². The summed E-state index contributed by atoms with van der Waals surface area (Å²) in [5, 5.41) is 0. The van der Waals surface area contributed by atoms with Gasteiger partial charge in [0, 0.05) is 13.1 Å². The lowest BCUT2D eigenvalue weighted by atomic mass is 10.1. The topological polar surface area (TPSA) is 72.6 Å². The Hall–Kier alpha value is -1.25. The number of hydrogen-bond acceptors (Lipinski definition) is 4. The maximum Gasteiger partial charge on any atom is 0.246 e. The maximum absolute atomic E-state index is 14.0. The van der Waals surface area contributed by atoms with Crippen molar-refractivity contribution in [3.8, 4) is 0 Å². The highest BCUT2D eigenvalue weighted by Crippen LogP contribution is 2.29. The van der Waals surface area contributed by atoms with E-state index in [0.717, 1.165) is 16.4 Å². The first-order chi connectivity index (χ1) is 9.54. The first-order valence-corrected chi connectivity index (χ1v) is 7.90. The van der Waals surface area contributed by atoms with E-state index in [9.17, 15) is 17.2 Å². The Bertz CT molecular complexity index is 662. The van der Waals surface area contributed by atoms with Gasteiger partial charge in [-0.25, -0.2) is 17.2 Å². The minimum Gasteiger partial charge on any atom is -0.394 e. The van der Waals surface area contributed by atoms with E-state index in [1.54, 1.807) is 20.8 Å². The van der Waals surface area contributed by atoms with Crippen molar-refractivity contribution in [2.75, 3.05) is 18.8 Å². The van der Waals surface area contributed by atoms with Crippen LogP contribution in [0.3, 0.4) is 0 Å². The van der Waals surface area contributed by atoms with Crippen molar-refractivity contribution in [3.05, 3.63) is 23.8 Å². The molecule has 8 heteroatoms. The van der Waals surface area contributed by atoms with Crippen LogP contribution in [0, 0.1) is 11.6 Å². The predicted molar refractivity (Wildman–Crippen MR) is 74.2 cm³/mol. The van der Waals surface area contributed by atoms with E-state index in [0.29, 0.717) is 0 Å². The molecule has 1 aromatic rings. The smallest absolute Gasteiger partial charge is 0.246 e. The number of hydrogen-bond donors (Lipinski definition) is 1. The Kier molecular flexibility index (Phi) is 3.98. The van der Waals surface area contributed by atoms with Crippen molar-refractivity contribution in [3.63, 3.8) is 0 Å². The van der Waals surface area contributed by atoms with E-state index in [2.05, 4.69) is 0 Å². The summed E-state index contributed by atoms with van der Waals surface area (Å²) in [6.45, 7) is 5.42. The quantitative estimate of drug-likeness (QED) is 0.843. The van der Waals surface area contributed by atoms with Crippen LogP contribution in [0.5, 0.6) is 0 Å². The van der Waals surface area contributed by atoms with Gasteiger partial charge in [-0.05, 0) is 32.9 Å². The predicted octanol–water partition coefficient (Wildman–Crippen LogP) is 1.74. The molecule has 1 saturated heterocycles. The molecule has 1 heterocycles. The summed E-state index contributed by atoms with van der Waals surface area (Å²) in [7, 11) is -4.10. The van der Waals surface area contributed by atoms with Gasteiger partial charge in [0.15, 0.2) is 5.82 Å². The molecule has 5 nitrogen and oxygen atoms in total. The number of anilines is 1. The molecule has 0 radical (unpaired) electrons. The minimum absolute atomic E-state index is 0.0798. The van der Waals surface area contributed by atoms with Crippen molar-refractivity contribution in [1.82, 2.24) is 4.31 Å². The third-order valence-corrected chi connectivity index (χ3v) is 5.08. The molecule has 1 aliphatic heterocycles. The Morgan fingerprint density at radius 1 is 1.38 bits per heavy atom. The average Bonchev–Trinajstić information content (AvgIpc) is 2.33. The number of sulfonamides is 1. The second-order valence-electron chi connectivity index (χ2n) is 5.76. The Labute approximate surface area is 122 Å². The number of morpholine rings is 1. The standard InChI is InChI=1S/C13H18F2N2O3S/c1-8-6-17(7-13(2,3)20-8)21(18,19)10-5-4-9(14)12(16)11(10)15/h4-5,8H,6-7,16H2,1-3H3. The zero-order chi connectivity index (χ0) is 16.0. The summed E-state index contributed by atoms with van der Waals surface area (Å²) in [5.74, 6) is -2.24. The molecule has 0 aromatic heterocycles. The Morgan fingerprint density at radius 3 is 2.57 bits per heavy atom. The highest BCUT2D eigenvalue weighted by Gasteiger charge is 2.39. The van der Waals surface area contributed by atoms with Gasteiger partial charge in [0.05, 0.1) is 11.7 Å². The number of nitrogens with zero attached hydrogens (tertiary/aromatic N) is 1. The monoisotopic (exact) mass is 320 g/mol. The fourth-order valence-electron chi connectivity index (χ4n) is 2.47. The van der Waals surface area contributed by atoms with Gasteiger partial charge in [-0.2, -0.15) is 4.31 Å².